The van der Waals surface area contributed by atoms with Crippen molar-refractivity contribution in [2.24, 2.45) is 0 Å². The fraction of sp³-hybridized carbons (Fsp3) is 1.00. The van der Waals surface area contributed by atoms with Crippen LogP contribution in [0.25, 0.3) is 0 Å². The van der Waals surface area contributed by atoms with Gasteiger partial charge in [-0.05, 0) is 0 Å². The van der Waals surface area contributed by atoms with Crippen molar-refractivity contribution in [1.82, 2.24) is 0 Å². The summed E-state index contributed by atoms with van der Waals surface area (Å²) in [5.41, 5.74) is 0. The summed E-state index contributed by atoms with van der Waals surface area (Å²) in [6, 6.07) is 0. The summed E-state index contributed by atoms with van der Waals surface area (Å²) in [7, 11) is 0. The molecule has 0 aliphatic heterocycles. The van der Waals surface area contributed by atoms with Crippen LogP contribution in [0.4, 0.5) is 0 Å². The van der Waals surface area contributed by atoms with Gasteiger partial charge in [-0.2, -0.15) is 0 Å². The summed E-state index contributed by atoms with van der Waals surface area (Å²) in [6.45, 7) is 10.5. The van der Waals surface area contributed by atoms with Gasteiger partial charge in [-0.1, -0.05) is 13.8 Å². The van der Waals surface area contributed by atoms with Crippen LogP contribution in [0, 0.1) is 0 Å². The zero-order valence-corrected chi connectivity index (χ0v) is 38.4. The third-order valence-corrected chi connectivity index (χ3v) is 18.6. The molecule has 314 valence electrons. The Kier molecular flexibility index (Phi) is 41.4. The second-order valence-corrected chi connectivity index (χ2v) is 24.0. The van der Waals surface area contributed by atoms with Crippen LogP contribution in [-0.2, 0) is 26.0 Å². The van der Waals surface area contributed by atoms with Crippen LogP contribution in [0.1, 0.15) is 285 Å². The van der Waals surface area contributed by atoms with Crippen LogP contribution < -0.4 is 0 Å². The molecule has 3 nitrogen and oxygen atoms in total. The van der Waals surface area contributed by atoms with Gasteiger partial charge >= 0.3 is 319 Å². The van der Waals surface area contributed by atoms with E-state index in [0.29, 0.717) is 22.7 Å². The van der Waals surface area contributed by atoms with Gasteiger partial charge in [0.25, 0.3) is 0 Å². The fourth-order valence-corrected chi connectivity index (χ4v) is 14.4. The molecule has 4 heteroatoms. The van der Waals surface area contributed by atoms with E-state index in [2.05, 4.69) is 27.7 Å². The van der Waals surface area contributed by atoms with Crippen molar-refractivity contribution in [1.29, 1.82) is 0 Å². The van der Waals surface area contributed by atoms with Crippen molar-refractivity contribution in [2.45, 2.75) is 294 Å². The van der Waals surface area contributed by atoms with E-state index < -0.39 is 16.1 Å². The van der Waals surface area contributed by atoms with Gasteiger partial charge in [0.15, 0.2) is 0 Å². The smallest absolute Gasteiger partial charge is 0.0654 e. The average molecular weight is 773 g/mol. The Labute approximate surface area is 331 Å². The van der Waals surface area contributed by atoms with E-state index >= 15 is 3.32 Å². The SMILES string of the molecule is CCCCCCCCCCCC[O][Ti](=[O])([CH2]CCCCCCCCCCC)([CH2]CCCCCCCCCCC)[O]CCCCCCCCCCCC. The first kappa shape index (κ1) is 52.4. The third-order valence-electron chi connectivity index (χ3n) is 11.9. The summed E-state index contributed by atoms with van der Waals surface area (Å²) < 4.78 is 30.4. The standard InChI is InChI=1S/2C12H25O.2C12H25.O.Ti/c2*1-2-3-4-5-6-7-8-9-10-11-12-13;2*1-3-5-7-9-11-12-10-8-6-4-2;;/h2*2-12H2,1H3;2*1,3-12H2,2H3;;/q2*-1;;;;+2. The van der Waals surface area contributed by atoms with Crippen LogP contribution in [0.15, 0.2) is 0 Å². The van der Waals surface area contributed by atoms with Gasteiger partial charge in [-0.25, -0.2) is 0 Å². The van der Waals surface area contributed by atoms with Crippen LogP contribution in [0.5, 0.6) is 0 Å². The molecule has 0 spiro atoms. The molecule has 0 aromatic carbocycles. The average Bonchev–Trinajstić information content (AvgIpc) is 3.14. The molecule has 0 fully saturated rings. The first-order chi connectivity index (χ1) is 25.5. The Bertz CT molecular complexity index is 677. The number of hydrogen-bond acceptors (Lipinski definition) is 3. The molecule has 0 saturated heterocycles. The van der Waals surface area contributed by atoms with E-state index in [4.69, 9.17) is 6.64 Å². The van der Waals surface area contributed by atoms with E-state index in [-0.39, 0.29) is 0 Å². The van der Waals surface area contributed by atoms with Gasteiger partial charge in [0.2, 0.25) is 0 Å². The van der Waals surface area contributed by atoms with Gasteiger partial charge in [0, 0.05) is 0 Å². The monoisotopic (exact) mass is 773 g/mol. The minimum absolute atomic E-state index is 0.644. The number of hydrogen-bond donors (Lipinski definition) is 0. The Morgan fingerprint density at radius 2 is 0.423 bits per heavy atom. The van der Waals surface area contributed by atoms with Crippen molar-refractivity contribution in [3.05, 3.63) is 0 Å². The molecule has 0 aromatic heterocycles. The van der Waals surface area contributed by atoms with Gasteiger partial charge in [-0.15, -0.1) is 0 Å². The predicted octanol–water partition coefficient (Wildman–Crippen LogP) is 18.4. The zero-order valence-electron chi connectivity index (χ0n) is 36.8. The van der Waals surface area contributed by atoms with Gasteiger partial charge in [-0.3, -0.25) is 0 Å². The Morgan fingerprint density at radius 1 is 0.250 bits per heavy atom. The summed E-state index contributed by atoms with van der Waals surface area (Å²) in [4.78, 5) is 0. The predicted molar refractivity (Wildman–Crippen MR) is 230 cm³/mol. The van der Waals surface area contributed by atoms with Crippen LogP contribution in [0.2, 0.25) is 9.45 Å². The van der Waals surface area contributed by atoms with Gasteiger partial charge in [0.1, 0.15) is 0 Å². The van der Waals surface area contributed by atoms with Crippen LogP contribution in [-0.4, -0.2) is 13.2 Å². The molecule has 0 unspecified atom stereocenters. The number of rotatable bonds is 46. The van der Waals surface area contributed by atoms with Crippen molar-refractivity contribution >= 4 is 0 Å². The third kappa shape index (κ3) is 36.1. The van der Waals surface area contributed by atoms with Crippen molar-refractivity contribution in [2.75, 3.05) is 13.2 Å². The van der Waals surface area contributed by atoms with Crippen molar-refractivity contribution in [3.8, 4) is 0 Å². The van der Waals surface area contributed by atoms with E-state index in [9.17, 15) is 0 Å². The summed E-state index contributed by atoms with van der Waals surface area (Å²) in [5.74, 6) is 0. The Morgan fingerprint density at radius 3 is 0.635 bits per heavy atom. The first-order valence-corrected chi connectivity index (χ1v) is 28.8. The molecule has 0 heterocycles. The zero-order chi connectivity index (χ0) is 38.0. The van der Waals surface area contributed by atoms with E-state index in [1.807, 2.05) is 0 Å². The molecule has 0 saturated carbocycles. The molecular weight excluding hydrogens is 672 g/mol. The first-order valence-electron chi connectivity index (χ1n) is 24.7. The minimum Gasteiger partial charge on any atom is -0.0654 e. The summed E-state index contributed by atoms with van der Waals surface area (Å²) in [5, 5.41) is 0. The molecule has 0 rings (SSSR count). The molecular formula is C48H100O3Ti. The topological polar surface area (TPSA) is 35.5 Å². The molecule has 0 atom stereocenters. The molecule has 0 amide bonds. The van der Waals surface area contributed by atoms with E-state index in [1.165, 1.54) is 231 Å². The normalized spacial score (nSPS) is 12.3. The van der Waals surface area contributed by atoms with E-state index in [1.54, 1.807) is 0 Å². The summed E-state index contributed by atoms with van der Waals surface area (Å²) >= 11 is -4.78. The summed E-state index contributed by atoms with van der Waals surface area (Å²) in [6.07, 6.45) is 52.4. The van der Waals surface area contributed by atoms with Gasteiger partial charge < -0.3 is 0 Å². The molecule has 52 heavy (non-hydrogen) atoms. The molecule has 0 radical (unpaired) electrons. The van der Waals surface area contributed by atoms with E-state index in [0.717, 1.165) is 25.7 Å². The molecule has 0 bridgehead atoms. The second kappa shape index (κ2) is 41.1. The van der Waals surface area contributed by atoms with Crippen LogP contribution in [0.3, 0.4) is 0 Å². The maximum absolute atomic E-state index is 15.4. The quantitative estimate of drug-likeness (QED) is 0.0457. The molecule has 0 aliphatic rings. The van der Waals surface area contributed by atoms with Crippen molar-refractivity contribution < 1.29 is 26.0 Å². The Balaban J connectivity index is 5.07. The van der Waals surface area contributed by atoms with Crippen molar-refractivity contribution in [3.63, 3.8) is 0 Å². The minimum atomic E-state index is -4.78. The molecule has 0 aliphatic carbocycles. The maximum atomic E-state index is 15.4. The molecule has 0 aromatic rings. The fourth-order valence-electron chi connectivity index (χ4n) is 8.14. The second-order valence-electron chi connectivity index (χ2n) is 17.3. The Hall–Kier alpha value is 0.434. The molecule has 0 N–H and O–H groups in total. The van der Waals surface area contributed by atoms with Crippen LogP contribution >= 0.6 is 0 Å². The number of unbranched alkanes of at least 4 members (excludes halogenated alkanes) is 36. The van der Waals surface area contributed by atoms with Gasteiger partial charge in [0.05, 0.1) is 0 Å².